The van der Waals surface area contributed by atoms with Gasteiger partial charge in [-0.25, -0.2) is 9.67 Å². The molecule has 0 unspecified atom stereocenters. The molecule has 3 aromatic rings. The van der Waals surface area contributed by atoms with Gasteiger partial charge in [-0.05, 0) is 41.5 Å². The molecule has 0 N–H and O–H groups in total. The number of hydrogen-bond acceptors (Lipinski definition) is 6. The molecule has 0 atom stereocenters. The Morgan fingerprint density at radius 2 is 2.04 bits per heavy atom. The lowest BCUT2D eigenvalue weighted by molar-refractivity contribution is 0.540. The number of aromatic nitrogens is 6. The van der Waals surface area contributed by atoms with Crippen LogP contribution in [0.3, 0.4) is 0 Å². The van der Waals surface area contributed by atoms with Crippen LogP contribution in [-0.4, -0.2) is 29.8 Å². The molecule has 2 aromatic heterocycles. The molecule has 0 saturated heterocycles. The van der Waals surface area contributed by atoms with Crippen LogP contribution in [0.5, 0.6) is 0 Å². The zero-order valence-electron chi connectivity index (χ0n) is 14.9. The standard InChI is InChI=1S/C17H21BrN6OS/c1-3-5-9-24-15(20-21-22-24)11-26-17-19-14-7-6-12(18)10-13(14)16(25)23(17)8-4-2/h6-7,10H,3-5,8-9,11H2,1-2H3. The number of halogens is 1. The quantitative estimate of drug-likeness (QED) is 0.396. The maximum Gasteiger partial charge on any atom is 0.262 e. The Balaban J connectivity index is 1.92. The molecule has 0 aliphatic rings. The molecule has 3 rings (SSSR count). The van der Waals surface area contributed by atoms with Crippen LogP contribution in [0.1, 0.15) is 38.9 Å². The van der Waals surface area contributed by atoms with Crippen molar-refractivity contribution in [1.82, 2.24) is 29.8 Å². The molecule has 0 spiro atoms. The van der Waals surface area contributed by atoms with E-state index >= 15 is 0 Å². The number of hydrogen-bond donors (Lipinski definition) is 0. The van der Waals surface area contributed by atoms with Gasteiger partial charge in [0.15, 0.2) is 11.0 Å². The topological polar surface area (TPSA) is 78.5 Å². The number of aryl methyl sites for hydroxylation is 1. The first-order chi connectivity index (χ1) is 12.6. The first kappa shape index (κ1) is 19.0. The number of rotatable bonds is 8. The van der Waals surface area contributed by atoms with Crippen LogP contribution in [0.15, 0.2) is 32.6 Å². The van der Waals surface area contributed by atoms with E-state index in [1.807, 2.05) is 22.9 Å². The van der Waals surface area contributed by atoms with Gasteiger partial charge in [0.1, 0.15) is 0 Å². The first-order valence-corrected chi connectivity index (χ1v) is 10.5. The number of tetrazole rings is 1. The van der Waals surface area contributed by atoms with Crippen LogP contribution in [-0.2, 0) is 18.8 Å². The molecule has 0 saturated carbocycles. The maximum atomic E-state index is 12.9. The van der Waals surface area contributed by atoms with Crippen molar-refractivity contribution in [3.05, 3.63) is 38.9 Å². The summed E-state index contributed by atoms with van der Waals surface area (Å²) in [5.74, 6) is 1.38. The average molecular weight is 437 g/mol. The highest BCUT2D eigenvalue weighted by molar-refractivity contribution is 9.10. The molecular weight excluding hydrogens is 416 g/mol. The van der Waals surface area contributed by atoms with Crippen LogP contribution in [0.2, 0.25) is 0 Å². The van der Waals surface area contributed by atoms with Gasteiger partial charge < -0.3 is 0 Å². The highest BCUT2D eigenvalue weighted by Gasteiger charge is 2.14. The minimum atomic E-state index is -0.00813. The molecule has 138 valence electrons. The monoisotopic (exact) mass is 436 g/mol. The second-order valence-corrected chi connectivity index (χ2v) is 7.83. The molecule has 26 heavy (non-hydrogen) atoms. The summed E-state index contributed by atoms with van der Waals surface area (Å²) in [6.07, 6.45) is 2.99. The normalized spacial score (nSPS) is 11.3. The average Bonchev–Trinajstić information content (AvgIpc) is 3.09. The lowest BCUT2D eigenvalue weighted by Gasteiger charge is -2.12. The van der Waals surface area contributed by atoms with Gasteiger partial charge in [-0.15, -0.1) is 5.10 Å². The fraction of sp³-hybridized carbons (Fsp3) is 0.471. The van der Waals surface area contributed by atoms with Crippen molar-refractivity contribution < 1.29 is 0 Å². The minimum absolute atomic E-state index is 0.00813. The lowest BCUT2D eigenvalue weighted by atomic mass is 10.2. The summed E-state index contributed by atoms with van der Waals surface area (Å²) in [4.78, 5) is 17.6. The van der Waals surface area contributed by atoms with Crippen molar-refractivity contribution in [3.63, 3.8) is 0 Å². The van der Waals surface area contributed by atoms with E-state index in [9.17, 15) is 4.79 Å². The van der Waals surface area contributed by atoms with Gasteiger partial charge in [-0.3, -0.25) is 9.36 Å². The molecule has 1 aromatic carbocycles. The van der Waals surface area contributed by atoms with Crippen LogP contribution >= 0.6 is 27.7 Å². The second kappa shape index (κ2) is 8.77. The van der Waals surface area contributed by atoms with E-state index in [0.29, 0.717) is 28.4 Å². The summed E-state index contributed by atoms with van der Waals surface area (Å²) in [5.41, 5.74) is 0.699. The Hall–Kier alpha value is -1.74. The molecule has 0 aliphatic carbocycles. The number of unbranched alkanes of at least 4 members (excludes halogenated alkanes) is 1. The maximum absolute atomic E-state index is 12.9. The Morgan fingerprint density at radius 3 is 2.81 bits per heavy atom. The fourth-order valence-electron chi connectivity index (χ4n) is 2.64. The van der Waals surface area contributed by atoms with Gasteiger partial charge in [-0.1, -0.05) is 48.0 Å². The van der Waals surface area contributed by atoms with Crippen molar-refractivity contribution in [2.45, 2.75) is 57.1 Å². The van der Waals surface area contributed by atoms with Crippen molar-refractivity contribution in [1.29, 1.82) is 0 Å². The van der Waals surface area contributed by atoms with E-state index in [1.165, 1.54) is 11.8 Å². The molecule has 9 heteroatoms. The van der Waals surface area contributed by atoms with Gasteiger partial charge in [0.05, 0.1) is 16.7 Å². The third-order valence-corrected chi connectivity index (χ3v) is 5.45. The highest BCUT2D eigenvalue weighted by Crippen LogP contribution is 2.23. The Labute approximate surface area is 164 Å². The summed E-state index contributed by atoms with van der Waals surface area (Å²) in [5, 5.41) is 13.3. The number of nitrogens with zero attached hydrogens (tertiary/aromatic N) is 6. The van der Waals surface area contributed by atoms with Gasteiger partial charge in [0.2, 0.25) is 0 Å². The molecular formula is C17H21BrN6OS. The molecule has 0 radical (unpaired) electrons. The lowest BCUT2D eigenvalue weighted by Crippen LogP contribution is -2.23. The summed E-state index contributed by atoms with van der Waals surface area (Å²) < 4.78 is 4.46. The summed E-state index contributed by atoms with van der Waals surface area (Å²) >= 11 is 4.93. The Bertz CT molecular complexity index is 954. The third kappa shape index (κ3) is 4.15. The van der Waals surface area contributed by atoms with Crippen LogP contribution in [0.4, 0.5) is 0 Å². The largest absolute Gasteiger partial charge is 0.287 e. The van der Waals surface area contributed by atoms with Gasteiger partial charge in [0, 0.05) is 17.6 Å². The van der Waals surface area contributed by atoms with E-state index in [0.717, 1.165) is 36.1 Å². The van der Waals surface area contributed by atoms with Gasteiger partial charge in [-0.2, -0.15) is 0 Å². The molecule has 0 amide bonds. The third-order valence-electron chi connectivity index (χ3n) is 3.99. The Morgan fingerprint density at radius 1 is 1.19 bits per heavy atom. The molecule has 7 nitrogen and oxygen atoms in total. The van der Waals surface area contributed by atoms with Crippen LogP contribution in [0, 0.1) is 0 Å². The minimum Gasteiger partial charge on any atom is -0.287 e. The number of fused-ring (bicyclic) bond motifs is 1. The van der Waals surface area contributed by atoms with Crippen molar-refractivity contribution >= 4 is 38.6 Å². The van der Waals surface area contributed by atoms with Crippen LogP contribution < -0.4 is 5.56 Å². The van der Waals surface area contributed by atoms with Crippen molar-refractivity contribution in [2.75, 3.05) is 0 Å². The fourth-order valence-corrected chi connectivity index (χ4v) is 3.96. The van der Waals surface area contributed by atoms with Crippen LogP contribution in [0.25, 0.3) is 10.9 Å². The summed E-state index contributed by atoms with van der Waals surface area (Å²) in [7, 11) is 0. The molecule has 0 aliphatic heterocycles. The molecule has 2 heterocycles. The SMILES string of the molecule is CCCCn1nnnc1CSc1nc2ccc(Br)cc2c(=O)n1CCC. The highest BCUT2D eigenvalue weighted by atomic mass is 79.9. The molecule has 0 fully saturated rings. The summed E-state index contributed by atoms with van der Waals surface area (Å²) in [6, 6.07) is 5.60. The van der Waals surface area contributed by atoms with E-state index in [-0.39, 0.29) is 5.56 Å². The van der Waals surface area contributed by atoms with Crippen molar-refractivity contribution in [3.8, 4) is 0 Å². The predicted molar refractivity (Wildman–Crippen MR) is 106 cm³/mol. The van der Waals surface area contributed by atoms with E-state index in [1.54, 1.807) is 4.57 Å². The van der Waals surface area contributed by atoms with E-state index < -0.39 is 0 Å². The second-order valence-electron chi connectivity index (χ2n) is 5.97. The summed E-state index contributed by atoms with van der Waals surface area (Å²) in [6.45, 7) is 5.63. The zero-order valence-corrected chi connectivity index (χ0v) is 17.3. The van der Waals surface area contributed by atoms with Gasteiger partial charge >= 0.3 is 0 Å². The first-order valence-electron chi connectivity index (χ1n) is 8.72. The van der Waals surface area contributed by atoms with E-state index in [2.05, 4.69) is 45.3 Å². The number of benzene rings is 1. The molecule has 0 bridgehead atoms. The van der Waals surface area contributed by atoms with Gasteiger partial charge in [0.25, 0.3) is 5.56 Å². The Kier molecular flexibility index (Phi) is 6.42. The smallest absolute Gasteiger partial charge is 0.262 e. The predicted octanol–water partition coefficient (Wildman–Crippen LogP) is 3.65. The van der Waals surface area contributed by atoms with E-state index in [4.69, 9.17) is 4.98 Å². The number of thioether (sulfide) groups is 1. The zero-order chi connectivity index (χ0) is 18.5. The van der Waals surface area contributed by atoms with Crippen molar-refractivity contribution in [2.24, 2.45) is 0 Å².